The summed E-state index contributed by atoms with van der Waals surface area (Å²) < 4.78 is 44.1. The second kappa shape index (κ2) is 7.47. The minimum Gasteiger partial charge on any atom is -0.477 e. The Morgan fingerprint density at radius 3 is 2.50 bits per heavy atom. The van der Waals surface area contributed by atoms with Gasteiger partial charge in [0.15, 0.2) is 5.82 Å². The lowest BCUT2D eigenvalue weighted by Crippen LogP contribution is -2.17. The number of halogens is 3. The van der Waals surface area contributed by atoms with Crippen LogP contribution >= 0.6 is 0 Å². The molecule has 4 aromatic rings. The Balaban J connectivity index is 1.76. The number of aromatic nitrogens is 2. The fourth-order valence-corrected chi connectivity index (χ4v) is 3.28. The highest BCUT2D eigenvalue weighted by molar-refractivity contribution is 5.92. The van der Waals surface area contributed by atoms with Crippen LogP contribution in [0.15, 0.2) is 59.8 Å². The van der Waals surface area contributed by atoms with Crippen molar-refractivity contribution in [3.05, 3.63) is 99.4 Å². The van der Waals surface area contributed by atoms with Crippen molar-refractivity contribution in [2.75, 3.05) is 0 Å². The van der Waals surface area contributed by atoms with E-state index in [9.17, 15) is 22.8 Å². The number of H-pyrrole nitrogens is 1. The van der Waals surface area contributed by atoms with Gasteiger partial charge >= 0.3 is 5.97 Å². The number of carboxylic acids is 1. The number of hydrogen-bond donors (Lipinski definition) is 2. The number of hydrogen-bond acceptors (Lipinski definition) is 3. The number of carbonyl (C=O) groups is 1. The summed E-state index contributed by atoms with van der Waals surface area (Å²) in [5.74, 6) is -4.20. The Kier molecular flexibility index (Phi) is 4.83. The molecule has 30 heavy (non-hydrogen) atoms. The minimum atomic E-state index is -1.56. The summed E-state index contributed by atoms with van der Waals surface area (Å²) in [6, 6.07) is 8.66. The van der Waals surface area contributed by atoms with Gasteiger partial charge in [0.2, 0.25) is 5.43 Å². The maximum atomic E-state index is 14.9. The van der Waals surface area contributed by atoms with Gasteiger partial charge in [-0.05, 0) is 34.9 Å². The fraction of sp³-hybridized carbons (Fsp3) is 0.0455. The van der Waals surface area contributed by atoms with E-state index in [4.69, 9.17) is 5.11 Å². The second-order valence-corrected chi connectivity index (χ2v) is 6.64. The highest BCUT2D eigenvalue weighted by Crippen LogP contribution is 2.26. The number of carboxylic acid groups (broad SMARTS) is 1. The molecule has 0 bridgehead atoms. The molecule has 0 fully saturated rings. The molecule has 0 amide bonds. The Morgan fingerprint density at radius 2 is 1.83 bits per heavy atom. The number of nitrogens with one attached hydrogen (secondary N) is 1. The molecule has 2 aromatic carbocycles. The molecule has 4 rings (SSSR count). The third-order valence-electron chi connectivity index (χ3n) is 4.78. The Hall–Kier alpha value is -3.94. The van der Waals surface area contributed by atoms with Crippen LogP contribution in [0.25, 0.3) is 22.0 Å². The molecule has 0 radical (unpaired) electrons. The number of fused-ring (bicyclic) bond motifs is 1. The molecular formula is C22H13F3N2O3. The summed E-state index contributed by atoms with van der Waals surface area (Å²) in [5.41, 5.74) is -1.06. The van der Waals surface area contributed by atoms with Gasteiger partial charge in [-0.15, -0.1) is 0 Å². The molecule has 2 N–H and O–H groups in total. The van der Waals surface area contributed by atoms with E-state index in [1.54, 1.807) is 30.6 Å². The summed E-state index contributed by atoms with van der Waals surface area (Å²) >= 11 is 0. The van der Waals surface area contributed by atoms with Crippen molar-refractivity contribution in [1.29, 1.82) is 0 Å². The summed E-state index contributed by atoms with van der Waals surface area (Å²) in [6.45, 7) is 0. The predicted octanol–water partition coefficient (Wildman–Crippen LogP) is 4.30. The molecule has 0 saturated heterocycles. The zero-order valence-electron chi connectivity index (χ0n) is 15.2. The van der Waals surface area contributed by atoms with E-state index in [1.807, 2.05) is 0 Å². The van der Waals surface area contributed by atoms with Crippen LogP contribution < -0.4 is 5.43 Å². The van der Waals surface area contributed by atoms with Crippen LogP contribution in [0.1, 0.15) is 21.5 Å². The molecule has 0 aliphatic heterocycles. The molecule has 8 heteroatoms. The van der Waals surface area contributed by atoms with Crippen molar-refractivity contribution in [3.63, 3.8) is 0 Å². The maximum Gasteiger partial charge on any atom is 0.341 e. The number of aromatic carboxylic acids is 1. The van der Waals surface area contributed by atoms with Crippen LogP contribution in [0, 0.1) is 17.5 Å². The average Bonchev–Trinajstić information content (AvgIpc) is 2.73. The van der Waals surface area contributed by atoms with Gasteiger partial charge in [0.1, 0.15) is 17.2 Å². The van der Waals surface area contributed by atoms with Crippen LogP contribution in [0.4, 0.5) is 13.2 Å². The molecule has 2 heterocycles. The van der Waals surface area contributed by atoms with Gasteiger partial charge < -0.3 is 10.1 Å². The first-order valence-corrected chi connectivity index (χ1v) is 8.81. The minimum absolute atomic E-state index is 0.129. The van der Waals surface area contributed by atoms with Crippen LogP contribution in [0.5, 0.6) is 0 Å². The zero-order chi connectivity index (χ0) is 21.4. The number of rotatable bonds is 4. The molecule has 2 aromatic heterocycles. The predicted molar refractivity (Wildman–Crippen MR) is 104 cm³/mol. The van der Waals surface area contributed by atoms with E-state index in [-0.39, 0.29) is 17.5 Å². The summed E-state index contributed by atoms with van der Waals surface area (Å²) in [5, 5.41) is 8.30. The van der Waals surface area contributed by atoms with Gasteiger partial charge in [-0.25, -0.2) is 18.0 Å². The highest BCUT2D eigenvalue weighted by atomic mass is 19.1. The monoisotopic (exact) mass is 410 g/mol. The molecule has 0 saturated carbocycles. The summed E-state index contributed by atoms with van der Waals surface area (Å²) in [6.07, 6.45) is 3.71. The molecule has 5 nitrogen and oxygen atoms in total. The van der Waals surface area contributed by atoms with Crippen LogP contribution in [0.2, 0.25) is 0 Å². The lowest BCUT2D eigenvalue weighted by Gasteiger charge is -2.10. The quantitative estimate of drug-likeness (QED) is 0.526. The number of nitrogens with zero attached hydrogens (tertiary/aromatic N) is 1. The third kappa shape index (κ3) is 3.32. The van der Waals surface area contributed by atoms with Crippen LogP contribution in [0.3, 0.4) is 0 Å². The van der Waals surface area contributed by atoms with Crippen molar-refractivity contribution in [2.24, 2.45) is 0 Å². The maximum absolute atomic E-state index is 14.9. The molecule has 0 aliphatic rings. The van der Waals surface area contributed by atoms with Crippen molar-refractivity contribution < 1.29 is 23.1 Å². The van der Waals surface area contributed by atoms with Crippen molar-refractivity contribution in [1.82, 2.24) is 9.97 Å². The van der Waals surface area contributed by atoms with E-state index in [0.717, 1.165) is 12.3 Å². The molecule has 0 aliphatic carbocycles. The topological polar surface area (TPSA) is 83.0 Å². The van der Waals surface area contributed by atoms with E-state index in [1.165, 1.54) is 12.1 Å². The molecule has 0 unspecified atom stereocenters. The summed E-state index contributed by atoms with van der Waals surface area (Å²) in [7, 11) is 0. The molecule has 0 spiro atoms. The number of aromatic amines is 1. The Labute approximate surface area is 167 Å². The molecular weight excluding hydrogens is 397 g/mol. The lowest BCUT2D eigenvalue weighted by atomic mass is 9.98. The average molecular weight is 410 g/mol. The van der Waals surface area contributed by atoms with E-state index in [0.29, 0.717) is 11.1 Å². The SMILES string of the molecule is O=C(O)c1c[nH]c2c(F)c(Cc3ccc(-c4cccnc4)cc3F)cc(F)c2c1=O. The number of benzene rings is 2. The van der Waals surface area contributed by atoms with Gasteiger partial charge in [-0.3, -0.25) is 9.78 Å². The third-order valence-corrected chi connectivity index (χ3v) is 4.78. The first-order chi connectivity index (χ1) is 14.4. The van der Waals surface area contributed by atoms with Gasteiger partial charge in [-0.2, -0.15) is 0 Å². The van der Waals surface area contributed by atoms with Gasteiger partial charge in [0, 0.05) is 30.6 Å². The summed E-state index contributed by atoms with van der Waals surface area (Å²) in [4.78, 5) is 29.5. The Morgan fingerprint density at radius 1 is 1.03 bits per heavy atom. The van der Waals surface area contributed by atoms with Gasteiger partial charge in [0.25, 0.3) is 0 Å². The van der Waals surface area contributed by atoms with Crippen molar-refractivity contribution in [2.45, 2.75) is 6.42 Å². The fourth-order valence-electron chi connectivity index (χ4n) is 3.28. The van der Waals surface area contributed by atoms with E-state index in [2.05, 4.69) is 9.97 Å². The van der Waals surface area contributed by atoms with Gasteiger partial charge in [-0.1, -0.05) is 18.2 Å². The second-order valence-electron chi connectivity index (χ2n) is 6.64. The standard InChI is InChI=1S/C22H13F3N2O3/c23-16-7-11(13-2-1-5-26-9-13)3-4-12(16)6-14-8-17(24)18-20(19(14)25)27-10-15(21(18)28)22(29)30/h1-5,7-10H,6H2,(H,27,28)(H,29,30). The number of pyridine rings is 2. The van der Waals surface area contributed by atoms with Crippen molar-refractivity contribution >= 4 is 16.9 Å². The molecule has 0 atom stereocenters. The Bertz CT molecular complexity index is 1350. The largest absolute Gasteiger partial charge is 0.477 e. The first kappa shape index (κ1) is 19.4. The molecule has 150 valence electrons. The van der Waals surface area contributed by atoms with Crippen LogP contribution in [-0.2, 0) is 6.42 Å². The zero-order valence-corrected chi connectivity index (χ0v) is 15.2. The van der Waals surface area contributed by atoms with E-state index < -0.39 is 45.3 Å². The normalized spacial score (nSPS) is 11.0. The van der Waals surface area contributed by atoms with Gasteiger partial charge in [0.05, 0.1) is 10.9 Å². The van der Waals surface area contributed by atoms with Crippen molar-refractivity contribution in [3.8, 4) is 11.1 Å². The smallest absolute Gasteiger partial charge is 0.341 e. The van der Waals surface area contributed by atoms with E-state index >= 15 is 0 Å². The van der Waals surface area contributed by atoms with Crippen LogP contribution in [-0.4, -0.2) is 21.0 Å². The first-order valence-electron chi connectivity index (χ1n) is 8.81. The highest BCUT2D eigenvalue weighted by Gasteiger charge is 2.20. The lowest BCUT2D eigenvalue weighted by molar-refractivity contribution is 0.0695.